The van der Waals surface area contributed by atoms with Crippen LogP contribution in [-0.4, -0.2) is 19.2 Å². The summed E-state index contributed by atoms with van der Waals surface area (Å²) in [6.45, 7) is 5.54. The Balaban J connectivity index is 3.00. The molecule has 0 heterocycles. The van der Waals surface area contributed by atoms with Gasteiger partial charge in [-0.15, -0.1) is 0 Å². The number of carbonyl (C=O) groups is 1. The first-order valence-electron chi connectivity index (χ1n) is 5.60. The number of hydrogen-bond donors (Lipinski definition) is 2. The summed E-state index contributed by atoms with van der Waals surface area (Å²) in [6.07, 6.45) is 1.70. The lowest BCUT2D eigenvalue weighted by molar-refractivity contribution is 0.0599. The SMILES string of the molecule is COC(=O)c1c(C)cc(NC(C)NC#N)cc1C. The van der Waals surface area contributed by atoms with E-state index in [1.165, 1.54) is 7.11 Å². The number of ether oxygens (including phenoxy) is 1. The number of aryl methyl sites for hydroxylation is 2. The van der Waals surface area contributed by atoms with E-state index in [0.717, 1.165) is 16.8 Å². The third-order valence-electron chi connectivity index (χ3n) is 2.59. The Hall–Kier alpha value is -2.22. The summed E-state index contributed by atoms with van der Waals surface area (Å²) >= 11 is 0. The molecule has 0 aliphatic carbocycles. The Morgan fingerprint density at radius 3 is 2.39 bits per heavy atom. The van der Waals surface area contributed by atoms with E-state index in [-0.39, 0.29) is 12.1 Å². The molecule has 0 bridgehead atoms. The third kappa shape index (κ3) is 3.14. The lowest BCUT2D eigenvalue weighted by atomic mass is 10.0. The molecule has 0 amide bonds. The van der Waals surface area contributed by atoms with Crippen LogP contribution in [0.25, 0.3) is 0 Å². The number of rotatable bonds is 4. The third-order valence-corrected chi connectivity index (χ3v) is 2.59. The van der Waals surface area contributed by atoms with E-state index in [9.17, 15) is 4.79 Å². The molecule has 18 heavy (non-hydrogen) atoms. The maximum Gasteiger partial charge on any atom is 0.338 e. The van der Waals surface area contributed by atoms with Crippen LogP contribution in [0.4, 0.5) is 5.69 Å². The molecule has 0 fully saturated rings. The van der Waals surface area contributed by atoms with E-state index in [1.807, 2.05) is 39.1 Å². The molecule has 0 aliphatic heterocycles. The summed E-state index contributed by atoms with van der Waals surface area (Å²) in [7, 11) is 1.37. The summed E-state index contributed by atoms with van der Waals surface area (Å²) in [6, 6.07) is 3.71. The van der Waals surface area contributed by atoms with Gasteiger partial charge in [0.25, 0.3) is 0 Å². The highest BCUT2D eigenvalue weighted by molar-refractivity contribution is 5.93. The molecular formula is C13H17N3O2. The topological polar surface area (TPSA) is 74.2 Å². The summed E-state index contributed by atoms with van der Waals surface area (Å²) in [5.41, 5.74) is 3.12. The van der Waals surface area contributed by atoms with Gasteiger partial charge >= 0.3 is 5.97 Å². The number of methoxy groups -OCH3 is 1. The lowest BCUT2D eigenvalue weighted by Crippen LogP contribution is -2.29. The van der Waals surface area contributed by atoms with Gasteiger partial charge in [-0.25, -0.2) is 4.79 Å². The van der Waals surface area contributed by atoms with Crippen LogP contribution in [0.5, 0.6) is 0 Å². The summed E-state index contributed by atoms with van der Waals surface area (Å²) < 4.78 is 4.74. The maximum absolute atomic E-state index is 11.6. The van der Waals surface area contributed by atoms with Crippen LogP contribution in [0.3, 0.4) is 0 Å². The van der Waals surface area contributed by atoms with Gasteiger partial charge in [0, 0.05) is 5.69 Å². The van der Waals surface area contributed by atoms with Gasteiger partial charge in [0.15, 0.2) is 6.19 Å². The zero-order valence-corrected chi connectivity index (χ0v) is 11.0. The Morgan fingerprint density at radius 2 is 1.94 bits per heavy atom. The molecule has 0 saturated heterocycles. The monoisotopic (exact) mass is 247 g/mol. The Morgan fingerprint density at radius 1 is 1.39 bits per heavy atom. The van der Waals surface area contributed by atoms with Crippen molar-refractivity contribution in [1.29, 1.82) is 5.26 Å². The largest absolute Gasteiger partial charge is 0.465 e. The molecule has 0 radical (unpaired) electrons. The minimum Gasteiger partial charge on any atom is -0.465 e. The Kier molecular flexibility index (Phi) is 4.55. The number of nitrogens with zero attached hydrogens (tertiary/aromatic N) is 1. The molecule has 1 rings (SSSR count). The quantitative estimate of drug-likeness (QED) is 0.368. The van der Waals surface area contributed by atoms with Gasteiger partial charge < -0.3 is 15.4 Å². The fraction of sp³-hybridized carbons (Fsp3) is 0.385. The molecule has 0 saturated carbocycles. The van der Waals surface area contributed by atoms with Crippen molar-refractivity contribution in [3.63, 3.8) is 0 Å². The molecule has 1 atom stereocenters. The zero-order valence-electron chi connectivity index (χ0n) is 11.0. The number of hydrogen-bond acceptors (Lipinski definition) is 5. The van der Waals surface area contributed by atoms with Crippen molar-refractivity contribution in [1.82, 2.24) is 5.32 Å². The van der Waals surface area contributed by atoms with Gasteiger partial charge in [-0.05, 0) is 44.0 Å². The molecule has 1 aromatic carbocycles. The van der Waals surface area contributed by atoms with E-state index in [1.54, 1.807) is 0 Å². The summed E-state index contributed by atoms with van der Waals surface area (Å²) in [5.74, 6) is -0.334. The molecule has 5 heteroatoms. The van der Waals surface area contributed by atoms with E-state index in [2.05, 4.69) is 10.6 Å². The molecule has 0 spiro atoms. The molecule has 0 aliphatic rings. The molecule has 96 valence electrons. The fourth-order valence-electron chi connectivity index (χ4n) is 1.85. The van der Waals surface area contributed by atoms with Gasteiger partial charge in [0.2, 0.25) is 0 Å². The lowest BCUT2D eigenvalue weighted by Gasteiger charge is -2.16. The number of esters is 1. The van der Waals surface area contributed by atoms with Crippen molar-refractivity contribution in [3.05, 3.63) is 28.8 Å². The first kappa shape index (κ1) is 13.8. The molecule has 0 aromatic heterocycles. The number of nitrogens with one attached hydrogen (secondary N) is 2. The molecule has 2 N–H and O–H groups in total. The van der Waals surface area contributed by atoms with Crippen LogP contribution < -0.4 is 10.6 Å². The molecule has 1 unspecified atom stereocenters. The first-order valence-corrected chi connectivity index (χ1v) is 5.60. The second kappa shape index (κ2) is 5.92. The van der Waals surface area contributed by atoms with Gasteiger partial charge in [0.1, 0.15) is 6.17 Å². The van der Waals surface area contributed by atoms with Crippen molar-refractivity contribution >= 4 is 11.7 Å². The minimum atomic E-state index is -0.334. The predicted molar refractivity (Wildman–Crippen MR) is 69.1 cm³/mol. The average Bonchev–Trinajstić information content (AvgIpc) is 2.27. The average molecular weight is 247 g/mol. The Bertz CT molecular complexity index is 468. The normalized spacial score (nSPS) is 11.3. The highest BCUT2D eigenvalue weighted by Crippen LogP contribution is 2.21. The van der Waals surface area contributed by atoms with Crippen molar-refractivity contribution in [2.75, 3.05) is 12.4 Å². The van der Waals surface area contributed by atoms with Crippen molar-refractivity contribution in [3.8, 4) is 6.19 Å². The molecule has 5 nitrogen and oxygen atoms in total. The summed E-state index contributed by atoms with van der Waals surface area (Å²) in [5, 5.41) is 14.2. The highest BCUT2D eigenvalue weighted by Gasteiger charge is 2.14. The fourth-order valence-corrected chi connectivity index (χ4v) is 1.85. The van der Waals surface area contributed by atoms with Crippen molar-refractivity contribution in [2.24, 2.45) is 0 Å². The van der Waals surface area contributed by atoms with Gasteiger partial charge in [-0.3, -0.25) is 0 Å². The van der Waals surface area contributed by atoms with Gasteiger partial charge in [-0.1, -0.05) is 0 Å². The minimum absolute atomic E-state index is 0.169. The molecule has 1 aromatic rings. The maximum atomic E-state index is 11.6. The van der Waals surface area contributed by atoms with Gasteiger partial charge in [-0.2, -0.15) is 5.26 Å². The number of anilines is 1. The predicted octanol–water partition coefficient (Wildman–Crippen LogP) is 1.92. The number of carbonyl (C=O) groups excluding carboxylic acids is 1. The van der Waals surface area contributed by atoms with Crippen LogP contribution in [0.1, 0.15) is 28.4 Å². The van der Waals surface area contributed by atoms with E-state index in [0.29, 0.717) is 5.56 Å². The van der Waals surface area contributed by atoms with Crippen LogP contribution in [0.15, 0.2) is 12.1 Å². The van der Waals surface area contributed by atoms with Gasteiger partial charge in [0.05, 0.1) is 12.7 Å². The standard InChI is InChI=1S/C13H17N3O2/c1-8-5-11(16-10(3)15-7-14)6-9(2)12(8)13(17)18-4/h5-6,10,15-16H,1-4H3. The zero-order chi connectivity index (χ0) is 13.7. The van der Waals surface area contributed by atoms with Crippen molar-refractivity contribution < 1.29 is 9.53 Å². The smallest absolute Gasteiger partial charge is 0.338 e. The van der Waals surface area contributed by atoms with E-state index >= 15 is 0 Å². The first-order chi connectivity index (χ1) is 8.49. The van der Waals surface area contributed by atoms with Crippen molar-refractivity contribution in [2.45, 2.75) is 26.9 Å². The second-order valence-electron chi connectivity index (χ2n) is 4.10. The summed E-state index contributed by atoms with van der Waals surface area (Å²) in [4.78, 5) is 11.6. The number of benzene rings is 1. The van der Waals surface area contributed by atoms with Crippen LogP contribution >= 0.6 is 0 Å². The van der Waals surface area contributed by atoms with Crippen LogP contribution in [0.2, 0.25) is 0 Å². The molecular weight excluding hydrogens is 230 g/mol. The van der Waals surface area contributed by atoms with Crippen LogP contribution in [0, 0.1) is 25.3 Å². The second-order valence-corrected chi connectivity index (χ2v) is 4.10. The highest BCUT2D eigenvalue weighted by atomic mass is 16.5. The number of nitriles is 1. The van der Waals surface area contributed by atoms with E-state index in [4.69, 9.17) is 10.00 Å². The Labute approximate surface area is 107 Å². The van der Waals surface area contributed by atoms with Crippen LogP contribution in [-0.2, 0) is 4.74 Å². The van der Waals surface area contributed by atoms with E-state index < -0.39 is 0 Å².